The minimum absolute atomic E-state index is 0.231. The maximum Gasteiger partial charge on any atom is 0.362 e. The van der Waals surface area contributed by atoms with Crippen LogP contribution in [0.2, 0.25) is 0 Å². The first kappa shape index (κ1) is 20.1. The normalized spacial score (nSPS) is 31.9. The minimum Gasteiger partial charge on any atom is -0.385 e. The molecule has 1 aliphatic rings. The summed E-state index contributed by atoms with van der Waals surface area (Å²) in [4.78, 5) is 51.8. The Labute approximate surface area is 138 Å². The number of hydrogen-bond donors (Lipinski definition) is 8. The van der Waals surface area contributed by atoms with Crippen LogP contribution in [0, 0.1) is 0 Å². The van der Waals surface area contributed by atoms with Crippen LogP contribution in [-0.4, -0.2) is 67.8 Å². The zero-order valence-electron chi connectivity index (χ0n) is 12.1. The largest absolute Gasteiger partial charge is 0.385 e. The van der Waals surface area contributed by atoms with Gasteiger partial charge in [0.15, 0.2) is 12.1 Å². The zero-order valence-corrected chi connectivity index (χ0v) is 13.9. The standard InChI is InChI=1S/C9H15N3O11P2/c10-3-1-2-12(8(15)11-3)6-4(13)9(16,25(20,21)22)5(23-6)7(14)24(17,18)19/h1-2,4-7,13-14,16H,(H2,10,11,15)(H2,17,18,19)(H2,20,21,22)/t4?,5-,6-,7?,9?/m1/s1. The van der Waals surface area contributed by atoms with Crippen molar-refractivity contribution in [2.75, 3.05) is 5.73 Å². The molecule has 0 saturated carbocycles. The van der Waals surface area contributed by atoms with Crippen molar-refractivity contribution in [2.24, 2.45) is 0 Å². The number of rotatable bonds is 4. The molecule has 5 atom stereocenters. The van der Waals surface area contributed by atoms with Crippen LogP contribution in [-0.2, 0) is 13.9 Å². The summed E-state index contributed by atoms with van der Waals surface area (Å²) >= 11 is 0. The molecule has 0 radical (unpaired) electrons. The van der Waals surface area contributed by atoms with Gasteiger partial charge in [0, 0.05) is 6.20 Å². The third-order valence-electron chi connectivity index (χ3n) is 3.62. The molecule has 1 aromatic rings. The van der Waals surface area contributed by atoms with Gasteiger partial charge in [-0.15, -0.1) is 0 Å². The van der Waals surface area contributed by atoms with E-state index < -0.39 is 50.5 Å². The topological polar surface area (TPSA) is 246 Å². The van der Waals surface area contributed by atoms with Crippen LogP contribution in [0.4, 0.5) is 5.82 Å². The molecule has 1 saturated heterocycles. The van der Waals surface area contributed by atoms with Gasteiger partial charge in [-0.25, -0.2) is 4.79 Å². The third kappa shape index (κ3) is 3.29. The summed E-state index contributed by atoms with van der Waals surface area (Å²) < 4.78 is 28.2. The molecule has 0 bridgehead atoms. The van der Waals surface area contributed by atoms with Gasteiger partial charge >= 0.3 is 20.9 Å². The van der Waals surface area contributed by atoms with E-state index in [-0.39, 0.29) is 5.82 Å². The summed E-state index contributed by atoms with van der Waals surface area (Å²) in [7, 11) is -11.2. The van der Waals surface area contributed by atoms with Gasteiger partial charge in [0.2, 0.25) is 5.34 Å². The van der Waals surface area contributed by atoms with Crippen molar-refractivity contribution < 1.29 is 48.8 Å². The maximum atomic E-state index is 11.8. The smallest absolute Gasteiger partial charge is 0.362 e. The predicted molar refractivity (Wildman–Crippen MR) is 77.9 cm³/mol. The van der Waals surface area contributed by atoms with E-state index in [9.17, 15) is 39.0 Å². The summed E-state index contributed by atoms with van der Waals surface area (Å²) in [6, 6.07) is 1.06. The number of anilines is 1. The Kier molecular flexibility index (Phi) is 5.00. The number of hydrogen-bond acceptors (Lipinski definition) is 9. The molecule has 9 N–H and O–H groups in total. The zero-order chi connectivity index (χ0) is 19.4. The Bertz CT molecular complexity index is 817. The quantitative estimate of drug-likeness (QED) is 0.227. The van der Waals surface area contributed by atoms with E-state index in [2.05, 4.69) is 4.98 Å². The molecule has 1 fully saturated rings. The Morgan fingerprint density at radius 2 is 1.88 bits per heavy atom. The van der Waals surface area contributed by atoms with Crippen LogP contribution in [0.15, 0.2) is 17.1 Å². The van der Waals surface area contributed by atoms with Gasteiger partial charge in [-0.05, 0) is 6.07 Å². The maximum absolute atomic E-state index is 11.8. The fraction of sp³-hybridized carbons (Fsp3) is 0.556. The van der Waals surface area contributed by atoms with Crippen molar-refractivity contribution in [3.63, 3.8) is 0 Å². The first-order valence-corrected chi connectivity index (χ1v) is 9.70. The molecule has 16 heteroatoms. The minimum atomic E-state index is -5.73. The second-order valence-corrected chi connectivity index (χ2v) is 8.78. The van der Waals surface area contributed by atoms with Gasteiger partial charge in [0.25, 0.3) is 0 Å². The number of aliphatic hydroxyl groups excluding tert-OH is 2. The first-order chi connectivity index (χ1) is 11.2. The van der Waals surface area contributed by atoms with E-state index in [1.807, 2.05) is 0 Å². The average molecular weight is 403 g/mol. The third-order valence-corrected chi connectivity index (χ3v) is 6.03. The Morgan fingerprint density at radius 1 is 1.32 bits per heavy atom. The van der Waals surface area contributed by atoms with Crippen LogP contribution in [0.25, 0.3) is 0 Å². The van der Waals surface area contributed by atoms with E-state index in [1.165, 1.54) is 0 Å². The van der Waals surface area contributed by atoms with Crippen LogP contribution in [0.5, 0.6) is 0 Å². The van der Waals surface area contributed by atoms with Crippen LogP contribution in [0.3, 0.4) is 0 Å². The monoisotopic (exact) mass is 403 g/mol. The summed E-state index contributed by atoms with van der Waals surface area (Å²) in [5.41, 5.74) is 4.12. The van der Waals surface area contributed by atoms with Gasteiger partial charge in [0.05, 0.1) is 0 Å². The molecule has 1 aliphatic heterocycles. The second kappa shape index (κ2) is 6.21. The highest BCUT2D eigenvalue weighted by Gasteiger charge is 2.69. The number of nitrogen functional groups attached to an aromatic ring is 1. The van der Waals surface area contributed by atoms with Crippen molar-refractivity contribution in [1.82, 2.24) is 9.55 Å². The molecule has 14 nitrogen and oxygen atoms in total. The molecule has 1 aromatic heterocycles. The SMILES string of the molecule is Nc1ccn([C@@H]2O[C@H](C(O)P(=O)(O)O)C(O)(P(=O)(O)O)C2O)c(=O)n1. The molecule has 0 spiro atoms. The van der Waals surface area contributed by atoms with E-state index in [0.29, 0.717) is 4.57 Å². The molecule has 0 aromatic carbocycles. The first-order valence-electron chi connectivity index (χ1n) is 6.40. The van der Waals surface area contributed by atoms with Crippen molar-refractivity contribution in [3.8, 4) is 0 Å². The van der Waals surface area contributed by atoms with Gasteiger partial charge in [-0.3, -0.25) is 13.7 Å². The van der Waals surface area contributed by atoms with Gasteiger partial charge < -0.3 is 45.4 Å². The molecule has 2 rings (SSSR count). The van der Waals surface area contributed by atoms with Crippen LogP contribution >= 0.6 is 15.2 Å². The highest BCUT2D eigenvalue weighted by atomic mass is 31.2. The predicted octanol–water partition coefficient (Wildman–Crippen LogP) is -3.55. The molecule has 2 heterocycles. The Morgan fingerprint density at radius 3 is 2.32 bits per heavy atom. The van der Waals surface area contributed by atoms with Crippen molar-refractivity contribution in [1.29, 1.82) is 0 Å². The lowest BCUT2D eigenvalue weighted by Crippen LogP contribution is -2.51. The van der Waals surface area contributed by atoms with Gasteiger partial charge in [-0.2, -0.15) is 4.98 Å². The summed E-state index contributed by atoms with van der Waals surface area (Å²) in [6.07, 6.45) is -6.30. The number of nitrogens with two attached hydrogens (primary N) is 1. The van der Waals surface area contributed by atoms with Crippen LogP contribution < -0.4 is 11.4 Å². The van der Waals surface area contributed by atoms with Crippen molar-refractivity contribution in [3.05, 3.63) is 22.7 Å². The molecule has 0 amide bonds. The average Bonchev–Trinajstić information content (AvgIpc) is 2.71. The number of aliphatic hydroxyl groups is 3. The van der Waals surface area contributed by atoms with Gasteiger partial charge in [0.1, 0.15) is 18.0 Å². The lowest BCUT2D eigenvalue weighted by molar-refractivity contribution is -0.0792. The Hall–Kier alpha value is -1.18. The highest BCUT2D eigenvalue weighted by molar-refractivity contribution is 7.54. The lowest BCUT2D eigenvalue weighted by atomic mass is 10.1. The summed E-state index contributed by atoms with van der Waals surface area (Å²) in [6.45, 7) is 0. The number of ether oxygens (including phenoxy) is 1. The number of aromatic nitrogens is 2. The van der Waals surface area contributed by atoms with E-state index in [0.717, 1.165) is 12.3 Å². The summed E-state index contributed by atoms with van der Waals surface area (Å²) in [5.74, 6) is -3.13. The van der Waals surface area contributed by atoms with E-state index in [1.54, 1.807) is 0 Å². The van der Waals surface area contributed by atoms with Crippen molar-refractivity contribution in [2.45, 2.75) is 29.6 Å². The van der Waals surface area contributed by atoms with Crippen LogP contribution in [0.1, 0.15) is 6.23 Å². The van der Waals surface area contributed by atoms with Gasteiger partial charge in [-0.1, -0.05) is 0 Å². The number of nitrogens with zero attached hydrogens (tertiary/aromatic N) is 2. The Balaban J connectivity index is 2.60. The fourth-order valence-electron chi connectivity index (χ4n) is 2.34. The van der Waals surface area contributed by atoms with E-state index >= 15 is 0 Å². The van der Waals surface area contributed by atoms with Crippen molar-refractivity contribution >= 4 is 21.0 Å². The molecule has 0 aliphatic carbocycles. The highest BCUT2D eigenvalue weighted by Crippen LogP contribution is 2.62. The fourth-order valence-corrected chi connectivity index (χ4v) is 4.12. The molecule has 142 valence electrons. The second-order valence-electron chi connectivity index (χ2n) is 5.26. The molecule has 3 unspecified atom stereocenters. The molecular weight excluding hydrogens is 388 g/mol. The van der Waals surface area contributed by atoms with E-state index in [4.69, 9.17) is 20.3 Å². The molecule has 25 heavy (non-hydrogen) atoms. The molecular formula is C9H15N3O11P2. The summed E-state index contributed by atoms with van der Waals surface area (Å²) in [5, 5.41) is 26.4. The lowest BCUT2D eigenvalue weighted by Gasteiger charge is -2.33.